The van der Waals surface area contributed by atoms with Crippen LogP contribution in [0.4, 0.5) is 0 Å². The van der Waals surface area contributed by atoms with Crippen molar-refractivity contribution in [1.29, 1.82) is 0 Å². The van der Waals surface area contributed by atoms with Gasteiger partial charge in [-0.15, -0.1) is 0 Å². The van der Waals surface area contributed by atoms with Crippen LogP contribution >= 0.6 is 0 Å². The Morgan fingerprint density at radius 3 is 2.14 bits per heavy atom. The first-order valence-electron chi connectivity index (χ1n) is 7.06. The summed E-state index contributed by atoms with van der Waals surface area (Å²) < 4.78 is 0. The number of hydrogen-bond donors (Lipinski definition) is 2. The fourth-order valence-corrected chi connectivity index (χ4v) is 2.05. The second-order valence-corrected chi connectivity index (χ2v) is 4.38. The van der Waals surface area contributed by atoms with Gasteiger partial charge in [0.05, 0.1) is 11.2 Å². The maximum absolute atomic E-state index is 9.07. The summed E-state index contributed by atoms with van der Waals surface area (Å²) in [7, 11) is -1.43. The van der Waals surface area contributed by atoms with Gasteiger partial charge in [0.2, 0.25) is 0 Å². The van der Waals surface area contributed by atoms with Crippen molar-refractivity contribution in [2.75, 3.05) is 0 Å². The molecule has 0 atom stereocenters. The molecule has 1 heterocycles. The topological polar surface area (TPSA) is 53.4 Å². The van der Waals surface area contributed by atoms with Crippen molar-refractivity contribution >= 4 is 23.5 Å². The standard InChI is InChI=1S/C15H12BNO2.C2H6/c18-16(19)13-8-5-12(6-9-13)15-10-7-11-3-1-2-4-14(11)17-15;1-2/h1-10,18-19H;1-2H3. The molecule has 2 aromatic carbocycles. The van der Waals surface area contributed by atoms with Gasteiger partial charge in [0.1, 0.15) is 0 Å². The number of fused-ring (bicyclic) bond motifs is 1. The number of pyridine rings is 1. The number of nitrogens with zero attached hydrogens (tertiary/aromatic N) is 1. The molecular formula is C17H18BNO2. The summed E-state index contributed by atoms with van der Waals surface area (Å²) in [6.07, 6.45) is 0. The lowest BCUT2D eigenvalue weighted by Crippen LogP contribution is -2.29. The molecule has 0 saturated heterocycles. The highest BCUT2D eigenvalue weighted by atomic mass is 16.4. The number of aromatic nitrogens is 1. The highest BCUT2D eigenvalue weighted by Gasteiger charge is 2.10. The van der Waals surface area contributed by atoms with Gasteiger partial charge in [0.25, 0.3) is 0 Å². The third-order valence-corrected chi connectivity index (χ3v) is 3.10. The predicted molar refractivity (Wildman–Crippen MR) is 88.4 cm³/mol. The highest BCUT2D eigenvalue weighted by molar-refractivity contribution is 6.58. The fraction of sp³-hybridized carbons (Fsp3) is 0.118. The van der Waals surface area contributed by atoms with Crippen LogP contribution in [0, 0.1) is 0 Å². The highest BCUT2D eigenvalue weighted by Crippen LogP contribution is 2.20. The molecule has 0 aliphatic rings. The van der Waals surface area contributed by atoms with Crippen LogP contribution in [0.2, 0.25) is 0 Å². The fourth-order valence-electron chi connectivity index (χ4n) is 2.05. The van der Waals surface area contributed by atoms with Crippen LogP contribution in [-0.4, -0.2) is 22.2 Å². The molecule has 0 saturated carbocycles. The van der Waals surface area contributed by atoms with Gasteiger partial charge >= 0.3 is 7.12 Å². The van der Waals surface area contributed by atoms with Gasteiger partial charge in [-0.1, -0.05) is 62.4 Å². The van der Waals surface area contributed by atoms with E-state index in [4.69, 9.17) is 10.0 Å². The Morgan fingerprint density at radius 1 is 0.810 bits per heavy atom. The van der Waals surface area contributed by atoms with Crippen molar-refractivity contribution in [3.63, 3.8) is 0 Å². The summed E-state index contributed by atoms with van der Waals surface area (Å²) in [5.41, 5.74) is 3.25. The van der Waals surface area contributed by atoms with E-state index in [0.717, 1.165) is 22.2 Å². The van der Waals surface area contributed by atoms with E-state index in [1.54, 1.807) is 12.1 Å². The van der Waals surface area contributed by atoms with Crippen molar-refractivity contribution in [1.82, 2.24) is 4.98 Å². The van der Waals surface area contributed by atoms with E-state index in [0.29, 0.717) is 5.46 Å². The van der Waals surface area contributed by atoms with Crippen LogP contribution in [0.5, 0.6) is 0 Å². The number of para-hydroxylation sites is 1. The lowest BCUT2D eigenvalue weighted by atomic mass is 9.80. The zero-order valence-electron chi connectivity index (χ0n) is 12.2. The Kier molecular flexibility index (Phi) is 5.09. The molecule has 3 rings (SSSR count). The Morgan fingerprint density at radius 2 is 1.48 bits per heavy atom. The van der Waals surface area contributed by atoms with Crippen LogP contribution in [0.3, 0.4) is 0 Å². The van der Waals surface area contributed by atoms with Gasteiger partial charge in [-0.3, -0.25) is 0 Å². The van der Waals surface area contributed by atoms with Crippen LogP contribution in [0.15, 0.2) is 60.7 Å². The van der Waals surface area contributed by atoms with Crippen molar-refractivity contribution in [3.8, 4) is 11.3 Å². The predicted octanol–water partition coefficient (Wildman–Crippen LogP) is 2.61. The quantitative estimate of drug-likeness (QED) is 0.709. The molecule has 4 heteroatoms. The number of rotatable bonds is 2. The molecular weight excluding hydrogens is 261 g/mol. The van der Waals surface area contributed by atoms with E-state index in [-0.39, 0.29) is 0 Å². The van der Waals surface area contributed by atoms with Crippen LogP contribution in [0.25, 0.3) is 22.2 Å². The van der Waals surface area contributed by atoms with Crippen molar-refractivity contribution in [3.05, 3.63) is 60.7 Å². The maximum Gasteiger partial charge on any atom is 0.488 e. The minimum Gasteiger partial charge on any atom is -0.423 e. The van der Waals surface area contributed by atoms with Crippen molar-refractivity contribution in [2.24, 2.45) is 0 Å². The minimum absolute atomic E-state index is 0.476. The molecule has 2 N–H and O–H groups in total. The monoisotopic (exact) mass is 279 g/mol. The second kappa shape index (κ2) is 7.02. The van der Waals surface area contributed by atoms with Gasteiger partial charge in [-0.25, -0.2) is 4.98 Å². The summed E-state index contributed by atoms with van der Waals surface area (Å²) in [5, 5.41) is 19.2. The largest absolute Gasteiger partial charge is 0.488 e. The second-order valence-electron chi connectivity index (χ2n) is 4.38. The number of benzene rings is 2. The first-order valence-corrected chi connectivity index (χ1v) is 7.06. The average molecular weight is 279 g/mol. The van der Waals surface area contributed by atoms with Crippen LogP contribution in [0.1, 0.15) is 13.8 Å². The third-order valence-electron chi connectivity index (χ3n) is 3.10. The van der Waals surface area contributed by atoms with E-state index in [9.17, 15) is 0 Å². The Bertz CT molecular complexity index is 711. The average Bonchev–Trinajstić information content (AvgIpc) is 2.56. The first-order chi connectivity index (χ1) is 10.2. The summed E-state index contributed by atoms with van der Waals surface area (Å²) in [6, 6.07) is 19.0. The van der Waals surface area contributed by atoms with Crippen molar-refractivity contribution in [2.45, 2.75) is 13.8 Å². The normalized spacial score (nSPS) is 9.90. The van der Waals surface area contributed by atoms with Crippen LogP contribution in [-0.2, 0) is 0 Å². The molecule has 0 amide bonds. The van der Waals surface area contributed by atoms with E-state index in [1.807, 2.05) is 62.4 Å². The zero-order chi connectivity index (χ0) is 15.2. The molecule has 3 nitrogen and oxygen atoms in total. The Hall–Kier alpha value is -2.17. The van der Waals surface area contributed by atoms with Gasteiger partial charge in [-0.2, -0.15) is 0 Å². The summed E-state index contributed by atoms with van der Waals surface area (Å²) in [6.45, 7) is 4.00. The number of hydrogen-bond acceptors (Lipinski definition) is 3. The van der Waals surface area contributed by atoms with Gasteiger partial charge in [0, 0.05) is 10.9 Å². The van der Waals surface area contributed by atoms with Gasteiger partial charge < -0.3 is 10.0 Å². The Labute approximate surface area is 125 Å². The van der Waals surface area contributed by atoms with Gasteiger partial charge in [-0.05, 0) is 17.6 Å². The lowest BCUT2D eigenvalue weighted by molar-refractivity contribution is 0.426. The first kappa shape index (κ1) is 15.2. The summed E-state index contributed by atoms with van der Waals surface area (Å²) in [5.74, 6) is 0. The third kappa shape index (κ3) is 3.48. The molecule has 0 fully saturated rings. The molecule has 0 unspecified atom stereocenters. The SMILES string of the molecule is CC.OB(O)c1ccc(-c2ccc3ccccc3n2)cc1. The molecule has 0 radical (unpaired) electrons. The lowest BCUT2D eigenvalue weighted by Gasteiger charge is -2.04. The van der Waals surface area contributed by atoms with E-state index in [1.165, 1.54) is 0 Å². The molecule has 0 aliphatic carbocycles. The van der Waals surface area contributed by atoms with Crippen molar-refractivity contribution < 1.29 is 10.0 Å². The molecule has 0 aliphatic heterocycles. The molecule has 106 valence electrons. The summed E-state index contributed by atoms with van der Waals surface area (Å²) >= 11 is 0. The molecule has 21 heavy (non-hydrogen) atoms. The maximum atomic E-state index is 9.07. The van der Waals surface area contributed by atoms with E-state index >= 15 is 0 Å². The molecule has 3 aromatic rings. The molecule has 0 spiro atoms. The van der Waals surface area contributed by atoms with E-state index in [2.05, 4.69) is 4.98 Å². The molecule has 1 aromatic heterocycles. The minimum atomic E-state index is -1.43. The summed E-state index contributed by atoms with van der Waals surface area (Å²) in [4.78, 5) is 4.59. The Balaban J connectivity index is 0.000000774. The zero-order valence-corrected chi connectivity index (χ0v) is 12.2. The van der Waals surface area contributed by atoms with E-state index < -0.39 is 7.12 Å². The van der Waals surface area contributed by atoms with Gasteiger partial charge in [0.15, 0.2) is 0 Å². The molecule has 0 bridgehead atoms. The van der Waals surface area contributed by atoms with Crippen LogP contribution < -0.4 is 5.46 Å². The smallest absolute Gasteiger partial charge is 0.423 e.